The van der Waals surface area contributed by atoms with E-state index < -0.39 is 0 Å². The van der Waals surface area contributed by atoms with Gasteiger partial charge >= 0.3 is 0 Å². The monoisotopic (exact) mass is 396 g/mol. The number of hydrogen-bond acceptors (Lipinski definition) is 3. The third-order valence-corrected chi connectivity index (χ3v) is 4.12. The number of benzene rings is 2. The molecule has 0 fully saturated rings. The third-order valence-electron chi connectivity index (χ3n) is 3.31. The summed E-state index contributed by atoms with van der Waals surface area (Å²) in [6, 6.07) is 11.3. The Kier molecular flexibility index (Phi) is 6.48. The van der Waals surface area contributed by atoms with Gasteiger partial charge in [0, 0.05) is 5.02 Å². The van der Waals surface area contributed by atoms with Gasteiger partial charge in [0.15, 0.2) is 6.29 Å². The van der Waals surface area contributed by atoms with Crippen LogP contribution in [0.15, 0.2) is 40.9 Å². The van der Waals surface area contributed by atoms with Crippen LogP contribution in [0.2, 0.25) is 5.02 Å². The Bertz CT molecular complexity index is 669. The van der Waals surface area contributed by atoms with E-state index in [4.69, 9.17) is 21.1 Å². The van der Waals surface area contributed by atoms with Crippen molar-refractivity contribution >= 4 is 33.8 Å². The van der Waals surface area contributed by atoms with Gasteiger partial charge in [-0.2, -0.15) is 0 Å². The van der Waals surface area contributed by atoms with Gasteiger partial charge in [0.2, 0.25) is 0 Å². The van der Waals surface area contributed by atoms with Gasteiger partial charge in [-0.3, -0.25) is 4.79 Å². The second kappa shape index (κ2) is 8.37. The molecule has 0 atom stereocenters. The maximum Gasteiger partial charge on any atom is 0.153 e. The van der Waals surface area contributed by atoms with E-state index in [0.717, 1.165) is 12.0 Å². The van der Waals surface area contributed by atoms with Gasteiger partial charge in [0.25, 0.3) is 0 Å². The van der Waals surface area contributed by atoms with Gasteiger partial charge < -0.3 is 9.47 Å². The van der Waals surface area contributed by atoms with Gasteiger partial charge in [0.05, 0.1) is 10.0 Å². The molecule has 0 unspecified atom stereocenters. The van der Waals surface area contributed by atoms with Crippen LogP contribution in [0.25, 0.3) is 0 Å². The first-order valence-corrected chi connectivity index (χ1v) is 8.48. The van der Waals surface area contributed by atoms with Gasteiger partial charge in [-0.1, -0.05) is 37.6 Å². The lowest BCUT2D eigenvalue weighted by Crippen LogP contribution is -2.10. The fourth-order valence-electron chi connectivity index (χ4n) is 2.07. The van der Waals surface area contributed by atoms with E-state index in [1.165, 1.54) is 5.56 Å². The van der Waals surface area contributed by atoms with Crippen molar-refractivity contribution in [3.63, 3.8) is 0 Å². The van der Waals surface area contributed by atoms with E-state index >= 15 is 0 Å². The fraction of sp³-hybridized carbons (Fsp3) is 0.278. The average molecular weight is 398 g/mol. The number of carbonyl (C=O) groups excluding carboxylic acids is 1. The quantitative estimate of drug-likeness (QED) is 0.457. The van der Waals surface area contributed by atoms with Crippen LogP contribution in [0.3, 0.4) is 0 Å². The largest absolute Gasteiger partial charge is 0.490 e. The number of rotatable bonds is 7. The summed E-state index contributed by atoms with van der Waals surface area (Å²) < 4.78 is 11.9. The molecule has 0 saturated heterocycles. The first kappa shape index (κ1) is 17.8. The van der Waals surface area contributed by atoms with Crippen LogP contribution in [-0.2, 0) is 0 Å². The Balaban J connectivity index is 1.89. The van der Waals surface area contributed by atoms with E-state index in [0.29, 0.717) is 39.9 Å². The van der Waals surface area contributed by atoms with Crippen LogP contribution in [-0.4, -0.2) is 19.5 Å². The summed E-state index contributed by atoms with van der Waals surface area (Å²) in [7, 11) is 0. The lowest BCUT2D eigenvalue weighted by Gasteiger charge is -2.12. The Hall–Kier alpha value is -1.52. The van der Waals surface area contributed by atoms with Gasteiger partial charge in [-0.05, 0) is 51.7 Å². The number of carbonyl (C=O) groups is 1. The zero-order valence-electron chi connectivity index (χ0n) is 13.0. The van der Waals surface area contributed by atoms with Crippen molar-refractivity contribution in [2.45, 2.75) is 19.8 Å². The minimum atomic E-state index is 0.326. The van der Waals surface area contributed by atoms with Gasteiger partial charge in [-0.25, -0.2) is 0 Å². The lowest BCUT2D eigenvalue weighted by atomic mass is 10.0. The first-order valence-electron chi connectivity index (χ1n) is 7.31. The third kappa shape index (κ3) is 4.98. The molecule has 122 valence electrons. The van der Waals surface area contributed by atoms with Crippen molar-refractivity contribution in [3.05, 3.63) is 57.0 Å². The summed E-state index contributed by atoms with van der Waals surface area (Å²) in [5.41, 5.74) is 1.68. The summed E-state index contributed by atoms with van der Waals surface area (Å²) in [5.74, 6) is 1.77. The molecular formula is C18H18BrClO3. The highest BCUT2D eigenvalue weighted by molar-refractivity contribution is 9.10. The number of aldehydes is 1. The van der Waals surface area contributed by atoms with Crippen LogP contribution in [0, 0.1) is 0 Å². The van der Waals surface area contributed by atoms with Crippen molar-refractivity contribution in [2.24, 2.45) is 0 Å². The van der Waals surface area contributed by atoms with E-state index in [1.54, 1.807) is 12.1 Å². The van der Waals surface area contributed by atoms with E-state index in [9.17, 15) is 4.79 Å². The second-order valence-electron chi connectivity index (χ2n) is 5.34. The predicted octanol–water partition coefficient (Wildman–Crippen LogP) is 5.50. The van der Waals surface area contributed by atoms with Crippen molar-refractivity contribution < 1.29 is 14.3 Å². The predicted molar refractivity (Wildman–Crippen MR) is 96.1 cm³/mol. The van der Waals surface area contributed by atoms with E-state index in [1.807, 2.05) is 12.1 Å². The lowest BCUT2D eigenvalue weighted by molar-refractivity contribution is 0.111. The van der Waals surface area contributed by atoms with Crippen LogP contribution < -0.4 is 9.47 Å². The number of halogens is 2. The maximum atomic E-state index is 11.1. The maximum absolute atomic E-state index is 11.1. The Morgan fingerprint density at radius 2 is 1.78 bits per heavy atom. The van der Waals surface area contributed by atoms with Gasteiger partial charge in [0.1, 0.15) is 24.7 Å². The zero-order valence-corrected chi connectivity index (χ0v) is 15.4. The molecule has 23 heavy (non-hydrogen) atoms. The summed E-state index contributed by atoms with van der Waals surface area (Å²) in [6.07, 6.45) is 0.720. The molecule has 2 rings (SSSR count). The summed E-state index contributed by atoms with van der Waals surface area (Å²) in [6.45, 7) is 5.01. The Morgan fingerprint density at radius 3 is 2.39 bits per heavy atom. The Labute approximate surface area is 149 Å². The molecule has 3 nitrogen and oxygen atoms in total. The minimum absolute atomic E-state index is 0.326. The van der Waals surface area contributed by atoms with Crippen molar-refractivity contribution in [1.82, 2.24) is 0 Å². The molecule has 0 heterocycles. The molecule has 0 aliphatic heterocycles. The van der Waals surface area contributed by atoms with Crippen LogP contribution >= 0.6 is 27.5 Å². The number of ether oxygens (including phenoxy) is 2. The van der Waals surface area contributed by atoms with E-state index in [-0.39, 0.29) is 0 Å². The second-order valence-corrected chi connectivity index (χ2v) is 6.64. The molecule has 0 amide bonds. The Morgan fingerprint density at radius 1 is 1.13 bits per heavy atom. The smallest absolute Gasteiger partial charge is 0.153 e. The molecule has 0 aliphatic carbocycles. The minimum Gasteiger partial charge on any atom is -0.490 e. The van der Waals surface area contributed by atoms with Crippen LogP contribution in [0.5, 0.6) is 11.5 Å². The molecule has 5 heteroatoms. The van der Waals surface area contributed by atoms with Gasteiger partial charge in [-0.15, -0.1) is 0 Å². The molecule has 0 bridgehead atoms. The summed E-state index contributed by atoms with van der Waals surface area (Å²) in [5, 5.41) is 0.479. The van der Waals surface area contributed by atoms with Crippen molar-refractivity contribution in [3.8, 4) is 11.5 Å². The summed E-state index contributed by atoms with van der Waals surface area (Å²) in [4.78, 5) is 11.1. The molecule has 2 aromatic carbocycles. The first-order chi connectivity index (χ1) is 11.0. The molecule has 0 radical (unpaired) electrons. The highest BCUT2D eigenvalue weighted by Crippen LogP contribution is 2.31. The average Bonchev–Trinajstić information content (AvgIpc) is 2.53. The number of hydrogen-bond donors (Lipinski definition) is 0. The molecule has 0 spiro atoms. The van der Waals surface area contributed by atoms with E-state index in [2.05, 4.69) is 41.9 Å². The SMILES string of the molecule is CC(C)c1ccc(OCCOc2c(Br)cc(Cl)cc2C=O)cc1. The molecule has 0 aliphatic rings. The normalized spacial score (nSPS) is 10.7. The van der Waals surface area contributed by atoms with Crippen molar-refractivity contribution in [2.75, 3.05) is 13.2 Å². The fourth-order valence-corrected chi connectivity index (χ4v) is 3.02. The highest BCUT2D eigenvalue weighted by Gasteiger charge is 2.10. The van der Waals surface area contributed by atoms with Crippen molar-refractivity contribution in [1.29, 1.82) is 0 Å². The molecule has 0 saturated carbocycles. The topological polar surface area (TPSA) is 35.5 Å². The molecule has 2 aromatic rings. The molecule has 0 aromatic heterocycles. The zero-order chi connectivity index (χ0) is 16.8. The molecular weight excluding hydrogens is 380 g/mol. The molecule has 0 N–H and O–H groups in total. The summed E-state index contributed by atoms with van der Waals surface area (Å²) >= 11 is 9.26. The standard InChI is InChI=1S/C18H18BrClO3/c1-12(2)13-3-5-16(6-4-13)22-7-8-23-18-14(11-21)9-15(20)10-17(18)19/h3-6,9-12H,7-8H2,1-2H3. The van der Waals surface area contributed by atoms with Crippen LogP contribution in [0.1, 0.15) is 35.7 Å². The van der Waals surface area contributed by atoms with Crippen LogP contribution in [0.4, 0.5) is 0 Å². The highest BCUT2D eigenvalue weighted by atomic mass is 79.9.